The van der Waals surface area contributed by atoms with Gasteiger partial charge < -0.3 is 15.3 Å². The smallest absolute Gasteiger partial charge is 0.306 e. The monoisotopic (exact) mass is 344 g/mol. The minimum Gasteiger partial charge on any atom is -0.481 e. The minimum absolute atomic E-state index is 0.00471. The molecule has 2 aliphatic rings. The van der Waals surface area contributed by atoms with Crippen LogP contribution in [0, 0.1) is 5.92 Å². The molecule has 1 saturated heterocycles. The normalized spacial score (nSPS) is 24.8. The predicted molar refractivity (Wildman–Crippen MR) is 91.7 cm³/mol. The van der Waals surface area contributed by atoms with Crippen molar-refractivity contribution in [1.82, 2.24) is 10.2 Å². The largest absolute Gasteiger partial charge is 0.481 e. The van der Waals surface area contributed by atoms with Gasteiger partial charge in [0, 0.05) is 19.0 Å². The molecule has 1 aliphatic heterocycles. The predicted octanol–water partition coefficient (Wildman–Crippen LogP) is 2.11. The number of nitrogens with zero attached hydrogens (tertiary/aromatic N) is 1. The highest BCUT2D eigenvalue weighted by Crippen LogP contribution is 2.29. The number of carboxylic acids is 1. The molecule has 3 atom stereocenters. The molecule has 6 heteroatoms. The maximum atomic E-state index is 13.0. The summed E-state index contributed by atoms with van der Waals surface area (Å²) in [6.45, 7) is 0.578. The van der Waals surface area contributed by atoms with E-state index in [1.54, 1.807) is 4.90 Å². The third-order valence-corrected chi connectivity index (χ3v) is 5.16. The first-order valence-electron chi connectivity index (χ1n) is 8.94. The molecule has 0 bridgehead atoms. The first-order valence-corrected chi connectivity index (χ1v) is 8.94. The molecule has 1 aliphatic carbocycles. The molecule has 25 heavy (non-hydrogen) atoms. The van der Waals surface area contributed by atoms with Crippen molar-refractivity contribution in [2.45, 2.75) is 50.6 Å². The van der Waals surface area contributed by atoms with Crippen LogP contribution in [-0.2, 0) is 14.4 Å². The molecule has 6 nitrogen and oxygen atoms in total. The van der Waals surface area contributed by atoms with Gasteiger partial charge in [-0.25, -0.2) is 0 Å². The summed E-state index contributed by atoms with van der Waals surface area (Å²) in [5.74, 6) is -1.40. The molecule has 1 aromatic rings. The van der Waals surface area contributed by atoms with E-state index in [0.29, 0.717) is 32.2 Å². The maximum absolute atomic E-state index is 13.0. The summed E-state index contributed by atoms with van der Waals surface area (Å²) in [5, 5.41) is 12.1. The van der Waals surface area contributed by atoms with E-state index < -0.39 is 17.9 Å². The molecule has 2 N–H and O–H groups in total. The van der Waals surface area contributed by atoms with Crippen molar-refractivity contribution in [3.8, 4) is 0 Å². The Morgan fingerprint density at radius 2 is 1.92 bits per heavy atom. The summed E-state index contributed by atoms with van der Waals surface area (Å²) in [5.41, 5.74) is 0.794. The Morgan fingerprint density at radius 3 is 2.56 bits per heavy atom. The average Bonchev–Trinajstić information content (AvgIpc) is 3.07. The van der Waals surface area contributed by atoms with Gasteiger partial charge in [-0.3, -0.25) is 14.4 Å². The topological polar surface area (TPSA) is 86.7 Å². The number of nitrogens with one attached hydrogen (secondary N) is 1. The van der Waals surface area contributed by atoms with Gasteiger partial charge in [0.05, 0.1) is 5.92 Å². The molecule has 134 valence electrons. The van der Waals surface area contributed by atoms with E-state index in [-0.39, 0.29) is 17.9 Å². The van der Waals surface area contributed by atoms with E-state index >= 15 is 0 Å². The van der Waals surface area contributed by atoms with Gasteiger partial charge in [-0.2, -0.15) is 0 Å². The third kappa shape index (κ3) is 4.00. The van der Waals surface area contributed by atoms with Crippen LogP contribution in [0.25, 0.3) is 0 Å². The summed E-state index contributed by atoms with van der Waals surface area (Å²) in [4.78, 5) is 38.1. The number of carbonyl (C=O) groups is 3. The van der Waals surface area contributed by atoms with Gasteiger partial charge in [0.15, 0.2) is 0 Å². The molecular formula is C19H24N2O4. The van der Waals surface area contributed by atoms with Gasteiger partial charge in [0.25, 0.3) is 0 Å². The summed E-state index contributed by atoms with van der Waals surface area (Å²) in [6, 6.07) is 8.55. The lowest BCUT2D eigenvalue weighted by Gasteiger charge is -2.34. The molecule has 0 radical (unpaired) electrons. The highest BCUT2D eigenvalue weighted by atomic mass is 16.4. The highest BCUT2D eigenvalue weighted by Gasteiger charge is 2.36. The second-order valence-corrected chi connectivity index (χ2v) is 6.91. The zero-order chi connectivity index (χ0) is 17.8. The van der Waals surface area contributed by atoms with Crippen LogP contribution in [0.5, 0.6) is 0 Å². The van der Waals surface area contributed by atoms with E-state index in [4.69, 9.17) is 5.11 Å². The van der Waals surface area contributed by atoms with Gasteiger partial charge >= 0.3 is 5.97 Å². The molecule has 1 unspecified atom stereocenters. The van der Waals surface area contributed by atoms with Crippen LogP contribution in [0.2, 0.25) is 0 Å². The Hall–Kier alpha value is -2.37. The molecule has 2 amide bonds. The second-order valence-electron chi connectivity index (χ2n) is 6.91. The van der Waals surface area contributed by atoms with Crippen molar-refractivity contribution in [2.75, 3.05) is 6.54 Å². The molecule has 2 fully saturated rings. The summed E-state index contributed by atoms with van der Waals surface area (Å²) >= 11 is 0. The Labute approximate surface area is 147 Å². The minimum atomic E-state index is -0.803. The van der Waals surface area contributed by atoms with Gasteiger partial charge in [0.2, 0.25) is 11.8 Å². The molecule has 1 saturated carbocycles. The number of amides is 2. The average molecular weight is 344 g/mol. The lowest BCUT2D eigenvalue weighted by atomic mass is 10.00. The Morgan fingerprint density at radius 1 is 1.16 bits per heavy atom. The summed E-state index contributed by atoms with van der Waals surface area (Å²) in [7, 11) is 0. The first kappa shape index (κ1) is 17.5. The van der Waals surface area contributed by atoms with Gasteiger partial charge in [-0.05, 0) is 37.7 Å². The fourth-order valence-electron chi connectivity index (χ4n) is 3.82. The van der Waals surface area contributed by atoms with Crippen molar-refractivity contribution >= 4 is 17.8 Å². The lowest BCUT2D eigenvalue weighted by Crippen LogP contribution is -2.47. The SMILES string of the molecule is O=C(N[C@@H]1CC[C@H](C(=O)O)C1)C(c1ccccc1)N1CCCCC1=O. The van der Waals surface area contributed by atoms with Crippen LogP contribution in [0.3, 0.4) is 0 Å². The van der Waals surface area contributed by atoms with Crippen molar-refractivity contribution < 1.29 is 19.5 Å². The second kappa shape index (κ2) is 7.68. The number of likely N-dealkylation sites (tertiary alicyclic amines) is 1. The van der Waals surface area contributed by atoms with Gasteiger partial charge in [-0.15, -0.1) is 0 Å². The quantitative estimate of drug-likeness (QED) is 0.856. The van der Waals surface area contributed by atoms with Gasteiger partial charge in [-0.1, -0.05) is 30.3 Å². The van der Waals surface area contributed by atoms with E-state index in [1.807, 2.05) is 30.3 Å². The van der Waals surface area contributed by atoms with Crippen LogP contribution in [0.1, 0.15) is 50.1 Å². The molecule has 1 heterocycles. The molecular weight excluding hydrogens is 320 g/mol. The van der Waals surface area contributed by atoms with Crippen molar-refractivity contribution in [3.63, 3.8) is 0 Å². The van der Waals surface area contributed by atoms with E-state index in [9.17, 15) is 14.4 Å². The first-order chi connectivity index (χ1) is 12.1. The Balaban J connectivity index is 1.76. The van der Waals surface area contributed by atoms with Crippen molar-refractivity contribution in [1.29, 1.82) is 0 Å². The molecule has 1 aromatic carbocycles. The number of hydrogen-bond acceptors (Lipinski definition) is 3. The number of hydrogen-bond donors (Lipinski definition) is 2. The molecule has 3 rings (SSSR count). The van der Waals surface area contributed by atoms with Crippen molar-refractivity contribution in [3.05, 3.63) is 35.9 Å². The number of piperidine rings is 1. The van der Waals surface area contributed by atoms with Crippen LogP contribution in [0.15, 0.2) is 30.3 Å². The summed E-state index contributed by atoms with van der Waals surface area (Å²) < 4.78 is 0. The Bertz CT molecular complexity index is 646. The highest BCUT2D eigenvalue weighted by molar-refractivity contribution is 5.89. The van der Waals surface area contributed by atoms with E-state index in [0.717, 1.165) is 18.4 Å². The number of aliphatic carboxylic acids is 1. The number of rotatable bonds is 5. The van der Waals surface area contributed by atoms with E-state index in [1.165, 1.54) is 0 Å². The number of benzene rings is 1. The fraction of sp³-hybridized carbons (Fsp3) is 0.526. The zero-order valence-corrected chi connectivity index (χ0v) is 14.2. The van der Waals surface area contributed by atoms with E-state index in [2.05, 4.69) is 5.32 Å². The number of carbonyl (C=O) groups excluding carboxylic acids is 2. The lowest BCUT2D eigenvalue weighted by molar-refractivity contribution is -0.143. The fourth-order valence-corrected chi connectivity index (χ4v) is 3.82. The van der Waals surface area contributed by atoms with Crippen LogP contribution in [0.4, 0.5) is 0 Å². The maximum Gasteiger partial charge on any atom is 0.306 e. The number of carboxylic acid groups (broad SMARTS) is 1. The zero-order valence-electron chi connectivity index (χ0n) is 14.2. The standard InChI is InChI=1S/C19H24N2O4/c22-16-8-4-5-11-21(16)17(13-6-2-1-3-7-13)18(23)20-15-10-9-14(12-15)19(24)25/h1-3,6-7,14-15,17H,4-5,8-12H2,(H,20,23)(H,24,25)/t14-,15+,17?/m0/s1. The molecule has 0 aromatic heterocycles. The Kier molecular flexibility index (Phi) is 5.36. The van der Waals surface area contributed by atoms with Crippen LogP contribution in [-0.4, -0.2) is 40.4 Å². The van der Waals surface area contributed by atoms with Crippen LogP contribution >= 0.6 is 0 Å². The van der Waals surface area contributed by atoms with Gasteiger partial charge in [0.1, 0.15) is 6.04 Å². The van der Waals surface area contributed by atoms with Crippen molar-refractivity contribution in [2.24, 2.45) is 5.92 Å². The molecule has 0 spiro atoms. The van der Waals surface area contributed by atoms with Crippen LogP contribution < -0.4 is 5.32 Å². The third-order valence-electron chi connectivity index (χ3n) is 5.16. The summed E-state index contributed by atoms with van der Waals surface area (Å²) in [6.07, 6.45) is 3.93.